The van der Waals surface area contributed by atoms with Crippen molar-refractivity contribution in [1.82, 2.24) is 20.5 Å². The van der Waals surface area contributed by atoms with E-state index in [4.69, 9.17) is 0 Å². The van der Waals surface area contributed by atoms with Crippen LogP contribution in [0.2, 0.25) is 0 Å². The third-order valence-corrected chi connectivity index (χ3v) is 4.19. The van der Waals surface area contributed by atoms with Crippen LogP contribution >= 0.6 is 11.3 Å². The van der Waals surface area contributed by atoms with E-state index in [9.17, 15) is 4.79 Å². The van der Waals surface area contributed by atoms with E-state index in [0.717, 1.165) is 29.5 Å². The second-order valence-corrected chi connectivity index (χ2v) is 6.33. The van der Waals surface area contributed by atoms with E-state index in [-0.39, 0.29) is 6.03 Å². The molecule has 8 heteroatoms. The van der Waals surface area contributed by atoms with Gasteiger partial charge in [0.1, 0.15) is 10.8 Å². The Morgan fingerprint density at radius 2 is 2.18 bits per heavy atom. The molecule has 22 heavy (non-hydrogen) atoms. The highest BCUT2D eigenvalue weighted by Crippen LogP contribution is 2.18. The summed E-state index contributed by atoms with van der Waals surface area (Å²) in [6.45, 7) is 4.41. The zero-order valence-corrected chi connectivity index (χ0v) is 13.2. The molecule has 0 radical (unpaired) electrons. The van der Waals surface area contributed by atoms with Crippen molar-refractivity contribution < 1.29 is 4.79 Å². The zero-order valence-electron chi connectivity index (χ0n) is 12.4. The van der Waals surface area contributed by atoms with Gasteiger partial charge in [0.15, 0.2) is 0 Å². The van der Waals surface area contributed by atoms with Crippen LogP contribution in [0.4, 0.5) is 15.7 Å². The molecule has 2 aromatic rings. The number of anilines is 2. The standard InChI is InChI=1S/C14H18N6OS/c1-10-18-19-14(22-10)17-13(21)16-9-11-4-5-15-12(8-11)20-6-2-3-7-20/h4-5,8H,2-3,6-7,9H2,1H3,(H2,16,17,19,21). The average Bonchev–Trinajstić information content (AvgIpc) is 3.17. The molecule has 1 fully saturated rings. The molecule has 0 aromatic carbocycles. The summed E-state index contributed by atoms with van der Waals surface area (Å²) >= 11 is 1.35. The van der Waals surface area contributed by atoms with Crippen LogP contribution in [0, 0.1) is 6.92 Å². The summed E-state index contributed by atoms with van der Waals surface area (Å²) in [4.78, 5) is 18.5. The van der Waals surface area contributed by atoms with Crippen LogP contribution in [0.15, 0.2) is 18.3 Å². The summed E-state index contributed by atoms with van der Waals surface area (Å²) in [5, 5.41) is 14.5. The molecule has 7 nitrogen and oxygen atoms in total. The Balaban J connectivity index is 1.54. The van der Waals surface area contributed by atoms with Gasteiger partial charge in [0.25, 0.3) is 0 Å². The Morgan fingerprint density at radius 1 is 1.36 bits per heavy atom. The lowest BCUT2D eigenvalue weighted by Gasteiger charge is -2.16. The second kappa shape index (κ2) is 6.69. The number of carbonyl (C=O) groups excluding carboxylic acids is 1. The van der Waals surface area contributed by atoms with Gasteiger partial charge in [-0.1, -0.05) is 11.3 Å². The maximum atomic E-state index is 11.8. The predicted molar refractivity (Wildman–Crippen MR) is 86.2 cm³/mol. The molecule has 0 aliphatic carbocycles. The molecule has 1 saturated heterocycles. The molecule has 3 heterocycles. The average molecular weight is 318 g/mol. The minimum Gasteiger partial charge on any atom is -0.357 e. The van der Waals surface area contributed by atoms with E-state index < -0.39 is 0 Å². The van der Waals surface area contributed by atoms with Gasteiger partial charge in [-0.2, -0.15) is 0 Å². The van der Waals surface area contributed by atoms with E-state index in [2.05, 4.69) is 30.7 Å². The molecule has 2 N–H and O–H groups in total. The molecule has 2 amide bonds. The van der Waals surface area contributed by atoms with E-state index in [1.165, 1.54) is 24.2 Å². The van der Waals surface area contributed by atoms with Crippen molar-refractivity contribution in [2.75, 3.05) is 23.3 Å². The number of aryl methyl sites for hydroxylation is 1. The highest BCUT2D eigenvalue weighted by Gasteiger charge is 2.13. The van der Waals surface area contributed by atoms with Gasteiger partial charge >= 0.3 is 6.03 Å². The molecular formula is C14H18N6OS. The van der Waals surface area contributed by atoms with Gasteiger partial charge < -0.3 is 10.2 Å². The Hall–Kier alpha value is -2.22. The van der Waals surface area contributed by atoms with Crippen molar-refractivity contribution in [1.29, 1.82) is 0 Å². The maximum absolute atomic E-state index is 11.8. The highest BCUT2D eigenvalue weighted by atomic mass is 32.1. The SMILES string of the molecule is Cc1nnc(NC(=O)NCc2ccnc(N3CCCC3)c2)s1. The van der Waals surface area contributed by atoms with Crippen molar-refractivity contribution in [2.45, 2.75) is 26.3 Å². The van der Waals surface area contributed by atoms with Gasteiger partial charge in [-0.25, -0.2) is 9.78 Å². The van der Waals surface area contributed by atoms with Crippen LogP contribution in [0.1, 0.15) is 23.4 Å². The van der Waals surface area contributed by atoms with Gasteiger partial charge in [-0.3, -0.25) is 5.32 Å². The van der Waals surface area contributed by atoms with Crippen molar-refractivity contribution in [2.24, 2.45) is 0 Å². The first kappa shape index (κ1) is 14.7. The van der Waals surface area contributed by atoms with E-state index in [1.54, 1.807) is 6.20 Å². The number of hydrogen-bond acceptors (Lipinski definition) is 6. The number of aromatic nitrogens is 3. The first-order chi connectivity index (χ1) is 10.7. The third-order valence-electron chi connectivity index (χ3n) is 3.44. The fourth-order valence-corrected chi connectivity index (χ4v) is 2.95. The van der Waals surface area contributed by atoms with Crippen molar-refractivity contribution in [3.8, 4) is 0 Å². The van der Waals surface area contributed by atoms with Crippen molar-refractivity contribution in [3.05, 3.63) is 28.9 Å². The van der Waals surface area contributed by atoms with Crippen LogP contribution in [0.3, 0.4) is 0 Å². The number of pyridine rings is 1. The molecule has 1 aliphatic heterocycles. The first-order valence-corrected chi connectivity index (χ1v) is 8.07. The lowest BCUT2D eigenvalue weighted by Crippen LogP contribution is -2.28. The molecule has 2 aromatic heterocycles. The zero-order chi connectivity index (χ0) is 15.4. The predicted octanol–water partition coefficient (Wildman–Crippen LogP) is 2.16. The number of nitrogens with one attached hydrogen (secondary N) is 2. The van der Waals surface area contributed by atoms with Crippen molar-refractivity contribution >= 4 is 28.3 Å². The summed E-state index contributed by atoms with van der Waals surface area (Å²) in [6, 6.07) is 3.66. The van der Waals surface area contributed by atoms with Crippen molar-refractivity contribution in [3.63, 3.8) is 0 Å². The second-order valence-electron chi connectivity index (χ2n) is 5.15. The van der Waals surface area contributed by atoms with Gasteiger partial charge in [0.2, 0.25) is 5.13 Å². The molecule has 116 valence electrons. The smallest absolute Gasteiger partial charge is 0.321 e. The molecule has 0 spiro atoms. The number of nitrogens with zero attached hydrogens (tertiary/aromatic N) is 4. The largest absolute Gasteiger partial charge is 0.357 e. The molecule has 0 bridgehead atoms. The minimum absolute atomic E-state index is 0.282. The first-order valence-electron chi connectivity index (χ1n) is 7.25. The lowest BCUT2D eigenvalue weighted by atomic mass is 10.2. The van der Waals surface area contributed by atoms with Gasteiger partial charge in [0, 0.05) is 25.8 Å². The van der Waals surface area contributed by atoms with Gasteiger partial charge in [-0.05, 0) is 37.5 Å². The van der Waals surface area contributed by atoms with E-state index in [0.29, 0.717) is 11.7 Å². The van der Waals surface area contributed by atoms with E-state index in [1.807, 2.05) is 19.1 Å². The van der Waals surface area contributed by atoms with Gasteiger partial charge in [0.05, 0.1) is 0 Å². The number of hydrogen-bond donors (Lipinski definition) is 2. The fraction of sp³-hybridized carbons (Fsp3) is 0.429. The Morgan fingerprint density at radius 3 is 2.91 bits per heavy atom. The molecule has 0 saturated carbocycles. The number of amides is 2. The number of urea groups is 1. The molecule has 0 unspecified atom stereocenters. The molecule has 3 rings (SSSR count). The summed E-state index contributed by atoms with van der Waals surface area (Å²) < 4.78 is 0. The van der Waals surface area contributed by atoms with Crippen LogP contribution in [-0.4, -0.2) is 34.3 Å². The topological polar surface area (TPSA) is 83.0 Å². The third kappa shape index (κ3) is 3.70. The van der Waals surface area contributed by atoms with Crippen LogP contribution in [0.25, 0.3) is 0 Å². The van der Waals surface area contributed by atoms with Crippen LogP contribution < -0.4 is 15.5 Å². The summed E-state index contributed by atoms with van der Waals surface area (Å²) in [5.74, 6) is 0.983. The van der Waals surface area contributed by atoms with Crippen LogP contribution in [0.5, 0.6) is 0 Å². The summed E-state index contributed by atoms with van der Waals surface area (Å²) in [5.41, 5.74) is 1.03. The molecule has 0 atom stereocenters. The number of carbonyl (C=O) groups is 1. The Bertz CT molecular complexity index is 652. The molecule has 1 aliphatic rings. The summed E-state index contributed by atoms with van der Waals surface area (Å²) in [7, 11) is 0. The fourth-order valence-electron chi connectivity index (χ4n) is 2.36. The Kier molecular flexibility index (Phi) is 4.47. The maximum Gasteiger partial charge on any atom is 0.321 e. The normalized spacial score (nSPS) is 14.1. The quantitative estimate of drug-likeness (QED) is 0.902. The number of rotatable bonds is 4. The minimum atomic E-state index is -0.282. The van der Waals surface area contributed by atoms with Gasteiger partial charge in [-0.15, -0.1) is 10.2 Å². The monoisotopic (exact) mass is 318 g/mol. The highest BCUT2D eigenvalue weighted by molar-refractivity contribution is 7.15. The summed E-state index contributed by atoms with van der Waals surface area (Å²) in [6.07, 6.45) is 4.22. The van der Waals surface area contributed by atoms with E-state index >= 15 is 0 Å². The lowest BCUT2D eigenvalue weighted by molar-refractivity contribution is 0.251. The van der Waals surface area contributed by atoms with Crippen LogP contribution in [-0.2, 0) is 6.54 Å². The Labute approximate surface area is 132 Å². The molecular weight excluding hydrogens is 300 g/mol.